The van der Waals surface area contributed by atoms with Crippen LogP contribution >= 0.6 is 0 Å². The molecule has 7 nitrogen and oxygen atoms in total. The Labute approximate surface area is 172 Å². The van der Waals surface area contributed by atoms with E-state index >= 15 is 0 Å². The molecule has 1 aliphatic carbocycles. The second kappa shape index (κ2) is 8.02. The monoisotopic (exact) mass is 416 g/mol. The van der Waals surface area contributed by atoms with E-state index in [2.05, 4.69) is 21.3 Å². The van der Waals surface area contributed by atoms with Crippen LogP contribution < -0.4 is 5.32 Å². The van der Waals surface area contributed by atoms with Gasteiger partial charge in [-0.1, -0.05) is 24.3 Å². The Hall–Kier alpha value is -2.00. The molecule has 2 N–H and O–H groups in total. The number of aromatic nitrogens is 1. The fraction of sp³-hybridized carbons (Fsp3) is 0.476. The van der Waals surface area contributed by atoms with E-state index < -0.39 is 15.6 Å². The maximum Gasteiger partial charge on any atom is 0.244 e. The van der Waals surface area contributed by atoms with Gasteiger partial charge in [0.1, 0.15) is 16.3 Å². The van der Waals surface area contributed by atoms with Crippen LogP contribution in [0.1, 0.15) is 24.0 Å². The SMILES string of the molecule is CN1CCN(S(=O)(=O)c2ccc(NCC3(O)CCCc4ccccc43)nc2)CC1. The minimum Gasteiger partial charge on any atom is -0.383 e. The maximum atomic E-state index is 12.8. The van der Waals surface area contributed by atoms with Crippen LogP contribution in [0.25, 0.3) is 0 Å². The molecule has 1 unspecified atom stereocenters. The molecule has 0 saturated carbocycles. The third-order valence-corrected chi connectivity index (χ3v) is 7.84. The normalized spacial score (nSPS) is 23.5. The molecule has 1 fully saturated rings. The van der Waals surface area contributed by atoms with Gasteiger partial charge in [0, 0.05) is 38.9 Å². The Kier molecular flexibility index (Phi) is 5.61. The van der Waals surface area contributed by atoms with Crippen molar-refractivity contribution in [1.29, 1.82) is 0 Å². The number of piperazine rings is 1. The highest BCUT2D eigenvalue weighted by Gasteiger charge is 2.34. The fourth-order valence-corrected chi connectivity index (χ4v) is 5.50. The quantitative estimate of drug-likeness (QED) is 0.771. The molecular weight excluding hydrogens is 388 g/mol. The first-order valence-corrected chi connectivity index (χ1v) is 11.5. The molecule has 1 aromatic carbocycles. The zero-order valence-corrected chi connectivity index (χ0v) is 17.5. The topological polar surface area (TPSA) is 85.8 Å². The van der Waals surface area contributed by atoms with E-state index in [0.717, 1.165) is 31.5 Å². The standard InChI is InChI=1S/C21H28N4O3S/c1-24-11-13-25(14-12-24)29(27,28)18-8-9-20(22-15-18)23-16-21(26)10-4-6-17-5-2-3-7-19(17)21/h2-3,5,7-9,15,26H,4,6,10-14,16H2,1H3,(H,22,23). The van der Waals surface area contributed by atoms with Crippen LogP contribution in [-0.2, 0) is 22.0 Å². The minimum absolute atomic E-state index is 0.203. The minimum atomic E-state index is -3.52. The number of hydrogen-bond acceptors (Lipinski definition) is 6. The van der Waals surface area contributed by atoms with E-state index in [0.29, 0.717) is 31.9 Å². The molecule has 2 aliphatic rings. The Morgan fingerprint density at radius 1 is 1.14 bits per heavy atom. The van der Waals surface area contributed by atoms with Crippen molar-refractivity contribution in [2.75, 3.05) is 45.1 Å². The van der Waals surface area contributed by atoms with Gasteiger partial charge in [-0.15, -0.1) is 0 Å². The summed E-state index contributed by atoms with van der Waals surface area (Å²) in [5.41, 5.74) is 1.21. The van der Waals surface area contributed by atoms with Gasteiger partial charge in [-0.05, 0) is 49.6 Å². The largest absolute Gasteiger partial charge is 0.383 e. The zero-order valence-electron chi connectivity index (χ0n) is 16.7. The number of aryl methyl sites for hydroxylation is 1. The molecule has 1 aromatic heterocycles. The number of aliphatic hydroxyl groups is 1. The number of sulfonamides is 1. The number of hydrogen-bond donors (Lipinski definition) is 2. The smallest absolute Gasteiger partial charge is 0.244 e. The lowest BCUT2D eigenvalue weighted by atomic mass is 9.79. The second-order valence-corrected chi connectivity index (χ2v) is 9.92. The van der Waals surface area contributed by atoms with Crippen LogP contribution in [0, 0.1) is 0 Å². The van der Waals surface area contributed by atoms with Crippen LogP contribution in [0.4, 0.5) is 5.82 Å². The predicted molar refractivity (Wildman–Crippen MR) is 112 cm³/mol. The number of rotatable bonds is 5. The summed E-state index contributed by atoms with van der Waals surface area (Å²) in [4.78, 5) is 6.61. The predicted octanol–water partition coefficient (Wildman–Crippen LogP) is 1.65. The van der Waals surface area contributed by atoms with E-state index in [-0.39, 0.29) is 4.90 Å². The molecule has 0 amide bonds. The van der Waals surface area contributed by atoms with Crippen molar-refractivity contribution in [1.82, 2.24) is 14.2 Å². The second-order valence-electron chi connectivity index (χ2n) is 7.98. The van der Waals surface area contributed by atoms with Crippen LogP contribution in [0.2, 0.25) is 0 Å². The summed E-state index contributed by atoms with van der Waals surface area (Å²) in [6.45, 7) is 2.77. The van der Waals surface area contributed by atoms with Crippen molar-refractivity contribution in [2.24, 2.45) is 0 Å². The average molecular weight is 417 g/mol. The van der Waals surface area contributed by atoms with Crippen molar-refractivity contribution >= 4 is 15.8 Å². The number of pyridine rings is 1. The molecule has 0 bridgehead atoms. The van der Waals surface area contributed by atoms with Gasteiger partial charge in [0.15, 0.2) is 0 Å². The molecule has 0 radical (unpaired) electrons. The molecule has 1 saturated heterocycles. The van der Waals surface area contributed by atoms with E-state index in [1.54, 1.807) is 12.1 Å². The summed E-state index contributed by atoms with van der Waals surface area (Å²) in [5, 5.41) is 14.3. The van der Waals surface area contributed by atoms with Crippen molar-refractivity contribution in [2.45, 2.75) is 29.8 Å². The van der Waals surface area contributed by atoms with Gasteiger partial charge in [-0.3, -0.25) is 0 Å². The van der Waals surface area contributed by atoms with Crippen LogP contribution in [-0.4, -0.2) is 67.5 Å². The van der Waals surface area contributed by atoms with Crippen molar-refractivity contribution < 1.29 is 13.5 Å². The Morgan fingerprint density at radius 2 is 1.90 bits per heavy atom. The lowest BCUT2D eigenvalue weighted by molar-refractivity contribution is 0.0322. The summed E-state index contributed by atoms with van der Waals surface area (Å²) in [6.07, 6.45) is 4.00. The fourth-order valence-electron chi connectivity index (χ4n) is 4.13. The van der Waals surface area contributed by atoms with Gasteiger partial charge in [0.2, 0.25) is 10.0 Å². The molecule has 2 heterocycles. The van der Waals surface area contributed by atoms with Gasteiger partial charge in [0.25, 0.3) is 0 Å². The number of fused-ring (bicyclic) bond motifs is 1. The highest BCUT2D eigenvalue weighted by atomic mass is 32.2. The highest BCUT2D eigenvalue weighted by Crippen LogP contribution is 2.35. The van der Waals surface area contributed by atoms with Crippen LogP contribution in [0.5, 0.6) is 0 Å². The summed E-state index contributed by atoms with van der Waals surface area (Å²) in [6, 6.07) is 11.2. The Morgan fingerprint density at radius 3 is 2.62 bits per heavy atom. The Balaban J connectivity index is 1.44. The van der Waals surface area contributed by atoms with Crippen LogP contribution in [0.15, 0.2) is 47.5 Å². The Bertz CT molecular complexity index is 956. The van der Waals surface area contributed by atoms with Crippen molar-refractivity contribution in [3.05, 3.63) is 53.7 Å². The molecule has 1 atom stereocenters. The number of nitrogens with one attached hydrogen (secondary N) is 1. The first-order valence-electron chi connectivity index (χ1n) is 10.1. The average Bonchev–Trinajstić information content (AvgIpc) is 2.73. The zero-order chi connectivity index (χ0) is 20.5. The summed E-state index contributed by atoms with van der Waals surface area (Å²) in [7, 11) is -1.53. The first-order chi connectivity index (χ1) is 13.9. The van der Waals surface area contributed by atoms with E-state index in [1.807, 2.05) is 25.2 Å². The molecular formula is C21H28N4O3S. The molecule has 29 heavy (non-hydrogen) atoms. The van der Waals surface area contributed by atoms with E-state index in [4.69, 9.17) is 0 Å². The molecule has 8 heteroatoms. The van der Waals surface area contributed by atoms with Gasteiger partial charge in [0.05, 0.1) is 0 Å². The summed E-state index contributed by atoms with van der Waals surface area (Å²) < 4.78 is 27.1. The number of benzene rings is 1. The molecule has 4 rings (SSSR count). The lowest BCUT2D eigenvalue weighted by Crippen LogP contribution is -2.47. The highest BCUT2D eigenvalue weighted by molar-refractivity contribution is 7.89. The summed E-state index contributed by atoms with van der Waals surface area (Å²) in [5.74, 6) is 0.554. The molecule has 0 spiro atoms. The number of nitrogens with zero attached hydrogens (tertiary/aromatic N) is 3. The van der Waals surface area contributed by atoms with Crippen molar-refractivity contribution in [3.63, 3.8) is 0 Å². The van der Waals surface area contributed by atoms with Gasteiger partial charge < -0.3 is 15.3 Å². The van der Waals surface area contributed by atoms with E-state index in [1.165, 1.54) is 16.1 Å². The van der Waals surface area contributed by atoms with Gasteiger partial charge in [-0.2, -0.15) is 4.31 Å². The molecule has 1 aliphatic heterocycles. The lowest BCUT2D eigenvalue weighted by Gasteiger charge is -2.34. The third-order valence-electron chi connectivity index (χ3n) is 5.95. The number of anilines is 1. The van der Waals surface area contributed by atoms with Gasteiger partial charge >= 0.3 is 0 Å². The molecule has 2 aromatic rings. The maximum absolute atomic E-state index is 12.8. The van der Waals surface area contributed by atoms with Crippen molar-refractivity contribution in [3.8, 4) is 0 Å². The third kappa shape index (κ3) is 4.16. The van der Waals surface area contributed by atoms with E-state index in [9.17, 15) is 13.5 Å². The van der Waals surface area contributed by atoms with Crippen LogP contribution in [0.3, 0.4) is 0 Å². The van der Waals surface area contributed by atoms with Gasteiger partial charge in [-0.25, -0.2) is 13.4 Å². The summed E-state index contributed by atoms with van der Waals surface area (Å²) >= 11 is 0. The first kappa shape index (κ1) is 20.3. The number of likely N-dealkylation sites (N-methyl/N-ethyl adjacent to an activating group) is 1. The molecule has 156 valence electrons.